The van der Waals surface area contributed by atoms with E-state index in [0.717, 1.165) is 6.29 Å². The summed E-state index contributed by atoms with van der Waals surface area (Å²) >= 11 is 0. The van der Waals surface area contributed by atoms with E-state index in [1.807, 2.05) is 13.8 Å². The molecule has 0 fully saturated rings. The lowest BCUT2D eigenvalue weighted by molar-refractivity contribution is -0.108. The van der Waals surface area contributed by atoms with E-state index in [1.165, 1.54) is 0 Å². The Labute approximate surface area is 55.2 Å². The molecule has 7 heavy (non-hydrogen) atoms. The van der Waals surface area contributed by atoms with Crippen LogP contribution in [0.15, 0.2) is 0 Å². The summed E-state index contributed by atoms with van der Waals surface area (Å²) in [6, 6.07) is 0. The first kappa shape index (κ1) is 10.2. The van der Waals surface area contributed by atoms with Gasteiger partial charge in [0.15, 0.2) is 17.4 Å². The van der Waals surface area contributed by atoms with E-state index in [-0.39, 0.29) is 17.4 Å². The Morgan fingerprint density at radius 3 is 2.00 bits per heavy atom. The molecule has 0 unspecified atom stereocenters. The first-order valence-electron chi connectivity index (χ1n) is 2.21. The molecular weight excluding hydrogens is 103 g/mol. The van der Waals surface area contributed by atoms with Gasteiger partial charge < -0.3 is 4.79 Å². The Hall–Kier alpha value is 0.202. The third kappa shape index (κ3) is 10.7. The molecule has 0 radical (unpaired) electrons. The molecule has 1 nitrogen and oxygen atoms in total. The molecule has 0 aromatic rings. The lowest BCUT2D eigenvalue weighted by Gasteiger charge is -1.89. The van der Waals surface area contributed by atoms with Gasteiger partial charge in [-0.3, -0.25) is 0 Å². The lowest BCUT2D eigenvalue weighted by Crippen LogP contribution is -1.84. The van der Waals surface area contributed by atoms with Crippen LogP contribution in [0.5, 0.6) is 0 Å². The average molecular weight is 116 g/mol. The predicted molar refractivity (Wildman–Crippen MR) is 35.5 cm³/mol. The molecule has 0 atom stereocenters. The van der Waals surface area contributed by atoms with Crippen LogP contribution in [0.1, 0.15) is 20.3 Å². The maximum atomic E-state index is 9.62. The second kappa shape index (κ2) is 6.20. The van der Waals surface area contributed by atoms with Crippen molar-refractivity contribution in [3.8, 4) is 0 Å². The van der Waals surface area contributed by atoms with Crippen LogP contribution in [0.3, 0.4) is 0 Å². The van der Waals surface area contributed by atoms with E-state index in [1.54, 1.807) is 0 Å². The first-order chi connectivity index (χ1) is 2.77. The number of hydrogen-bond acceptors (Lipinski definition) is 1. The van der Waals surface area contributed by atoms with Gasteiger partial charge >= 0.3 is 0 Å². The van der Waals surface area contributed by atoms with Crippen molar-refractivity contribution in [3.05, 3.63) is 0 Å². The SMILES string of the molecule is CC(C)CC=O.[AlH3]. The highest BCUT2D eigenvalue weighted by Gasteiger charge is 1.85. The summed E-state index contributed by atoms with van der Waals surface area (Å²) in [7, 11) is 0. The minimum absolute atomic E-state index is 0. The molecule has 0 N–H and O–H groups in total. The summed E-state index contributed by atoms with van der Waals surface area (Å²) in [4.78, 5) is 9.62. The number of hydrogen-bond donors (Lipinski definition) is 0. The second-order valence-electron chi connectivity index (χ2n) is 1.80. The van der Waals surface area contributed by atoms with Gasteiger partial charge in [-0.05, 0) is 5.92 Å². The third-order valence-electron chi connectivity index (χ3n) is 0.568. The molecule has 42 valence electrons. The van der Waals surface area contributed by atoms with Crippen molar-refractivity contribution in [1.29, 1.82) is 0 Å². The summed E-state index contributed by atoms with van der Waals surface area (Å²) in [5, 5.41) is 0. The van der Waals surface area contributed by atoms with Crippen LogP contribution in [0.4, 0.5) is 0 Å². The summed E-state index contributed by atoms with van der Waals surface area (Å²) in [5.74, 6) is 0.530. The van der Waals surface area contributed by atoms with Crippen molar-refractivity contribution in [3.63, 3.8) is 0 Å². The van der Waals surface area contributed by atoms with Gasteiger partial charge in [-0.15, -0.1) is 0 Å². The minimum Gasteiger partial charge on any atom is -0.303 e. The summed E-state index contributed by atoms with van der Waals surface area (Å²) in [6.07, 6.45) is 1.64. The van der Waals surface area contributed by atoms with Crippen molar-refractivity contribution >= 4 is 23.6 Å². The molecule has 0 aliphatic carbocycles. The summed E-state index contributed by atoms with van der Waals surface area (Å²) < 4.78 is 0. The Bertz CT molecular complexity index is 43.3. The predicted octanol–water partition coefficient (Wildman–Crippen LogP) is 0.0475. The Morgan fingerprint density at radius 2 is 2.00 bits per heavy atom. The molecular formula is C5H13AlO. The highest BCUT2D eigenvalue weighted by Crippen LogP contribution is 1.92. The average Bonchev–Trinajstić information content (AvgIpc) is 1.35. The molecule has 2 heteroatoms. The topological polar surface area (TPSA) is 17.1 Å². The Balaban J connectivity index is 0. The molecule has 0 amide bonds. The lowest BCUT2D eigenvalue weighted by atomic mass is 10.2. The van der Waals surface area contributed by atoms with Gasteiger partial charge in [0.1, 0.15) is 6.29 Å². The first-order valence-corrected chi connectivity index (χ1v) is 2.21. The van der Waals surface area contributed by atoms with Gasteiger partial charge in [-0.1, -0.05) is 13.8 Å². The van der Waals surface area contributed by atoms with Crippen LogP contribution >= 0.6 is 0 Å². The van der Waals surface area contributed by atoms with Gasteiger partial charge in [0.25, 0.3) is 0 Å². The quantitative estimate of drug-likeness (QED) is 0.368. The zero-order valence-electron chi connectivity index (χ0n) is 4.27. The molecule has 0 aliphatic heterocycles. The third-order valence-corrected chi connectivity index (χ3v) is 0.568. The van der Waals surface area contributed by atoms with Gasteiger partial charge in [-0.2, -0.15) is 0 Å². The summed E-state index contributed by atoms with van der Waals surface area (Å²) in [6.45, 7) is 4.04. The van der Waals surface area contributed by atoms with Crippen molar-refractivity contribution in [1.82, 2.24) is 0 Å². The van der Waals surface area contributed by atoms with Crippen molar-refractivity contribution in [2.75, 3.05) is 0 Å². The monoisotopic (exact) mass is 116 g/mol. The van der Waals surface area contributed by atoms with Crippen LogP contribution in [0, 0.1) is 5.92 Å². The molecule has 0 rings (SSSR count). The van der Waals surface area contributed by atoms with Gasteiger partial charge in [-0.25, -0.2) is 0 Å². The molecule has 0 saturated heterocycles. The highest BCUT2D eigenvalue weighted by molar-refractivity contribution is 5.75. The Kier molecular flexibility index (Phi) is 9.07. The van der Waals surface area contributed by atoms with Crippen molar-refractivity contribution < 1.29 is 4.79 Å². The van der Waals surface area contributed by atoms with Gasteiger partial charge in [0, 0.05) is 6.42 Å². The molecule has 0 bridgehead atoms. The normalized spacial score (nSPS) is 7.86. The standard InChI is InChI=1S/C5H10O.Al.3H/c1-5(2)3-4-6;;;;/h4-5H,3H2,1-2H3;;;;. The van der Waals surface area contributed by atoms with E-state index in [2.05, 4.69) is 0 Å². The fourth-order valence-corrected chi connectivity index (χ4v) is 0.192. The van der Waals surface area contributed by atoms with E-state index in [4.69, 9.17) is 0 Å². The number of carbonyl (C=O) groups is 1. The molecule has 0 aromatic heterocycles. The summed E-state index contributed by atoms with van der Waals surface area (Å²) in [5.41, 5.74) is 0. The van der Waals surface area contributed by atoms with E-state index in [0.29, 0.717) is 12.3 Å². The van der Waals surface area contributed by atoms with E-state index >= 15 is 0 Å². The largest absolute Gasteiger partial charge is 0.303 e. The zero-order valence-corrected chi connectivity index (χ0v) is 4.27. The second-order valence-corrected chi connectivity index (χ2v) is 1.80. The van der Waals surface area contributed by atoms with Gasteiger partial charge in [0.05, 0.1) is 0 Å². The maximum Gasteiger partial charge on any atom is 0.187 e. The number of aldehydes is 1. The van der Waals surface area contributed by atoms with Crippen LogP contribution in [-0.4, -0.2) is 23.6 Å². The fraction of sp³-hybridized carbons (Fsp3) is 0.800. The number of carbonyl (C=O) groups excluding carboxylic acids is 1. The van der Waals surface area contributed by atoms with E-state index < -0.39 is 0 Å². The van der Waals surface area contributed by atoms with Crippen LogP contribution in [0.25, 0.3) is 0 Å². The molecule has 0 aliphatic rings. The van der Waals surface area contributed by atoms with E-state index in [9.17, 15) is 4.79 Å². The maximum absolute atomic E-state index is 9.62. The minimum atomic E-state index is 0. The van der Waals surface area contributed by atoms with Crippen LogP contribution in [-0.2, 0) is 4.79 Å². The van der Waals surface area contributed by atoms with Crippen LogP contribution in [0.2, 0.25) is 0 Å². The Morgan fingerprint density at radius 1 is 1.57 bits per heavy atom. The molecule has 0 spiro atoms. The van der Waals surface area contributed by atoms with Crippen molar-refractivity contribution in [2.45, 2.75) is 20.3 Å². The molecule has 0 saturated carbocycles. The fourth-order valence-electron chi connectivity index (χ4n) is 0.192. The molecule has 0 aromatic carbocycles. The van der Waals surface area contributed by atoms with Crippen molar-refractivity contribution in [2.24, 2.45) is 5.92 Å². The zero-order chi connectivity index (χ0) is 4.99. The number of rotatable bonds is 2. The smallest absolute Gasteiger partial charge is 0.187 e. The highest BCUT2D eigenvalue weighted by atomic mass is 27.0. The molecule has 0 heterocycles. The van der Waals surface area contributed by atoms with Crippen LogP contribution < -0.4 is 0 Å². The van der Waals surface area contributed by atoms with Gasteiger partial charge in [0.2, 0.25) is 0 Å².